The number of hydrogen-bond acceptors (Lipinski definition) is 6. The number of nitriles is 1. The summed E-state index contributed by atoms with van der Waals surface area (Å²) in [6.45, 7) is 9.53. The Bertz CT molecular complexity index is 1090. The number of nitrogens with zero attached hydrogens (tertiary/aromatic N) is 6. The third kappa shape index (κ3) is 4.93. The van der Waals surface area contributed by atoms with Crippen molar-refractivity contribution in [2.75, 3.05) is 45.8 Å². The van der Waals surface area contributed by atoms with Gasteiger partial charge in [0.1, 0.15) is 12.1 Å². The Morgan fingerprint density at radius 2 is 1.80 bits per heavy atom. The summed E-state index contributed by atoms with van der Waals surface area (Å²) < 4.78 is 14.1. The van der Waals surface area contributed by atoms with Crippen LogP contribution in [-0.2, 0) is 0 Å². The lowest BCUT2D eigenvalue weighted by Crippen LogP contribution is -2.46. The first-order valence-electron chi connectivity index (χ1n) is 12.6. The molecule has 3 unspecified atom stereocenters. The second-order valence-electron chi connectivity index (χ2n) is 10.5. The molecule has 0 saturated carbocycles. The minimum absolute atomic E-state index is 0.0372. The molecule has 0 aliphatic carbocycles. The summed E-state index contributed by atoms with van der Waals surface area (Å²) >= 11 is 0. The maximum Gasteiger partial charge on any atom is 0.257 e. The first-order valence-corrected chi connectivity index (χ1v) is 12.6. The Labute approximate surface area is 206 Å². The summed E-state index contributed by atoms with van der Waals surface area (Å²) in [6.07, 6.45) is 3.57. The van der Waals surface area contributed by atoms with Gasteiger partial charge >= 0.3 is 0 Å². The number of amides is 1. The average Bonchev–Trinajstić information content (AvgIpc) is 3.37. The maximum absolute atomic E-state index is 14.1. The van der Waals surface area contributed by atoms with Crippen LogP contribution in [-0.4, -0.2) is 76.4 Å². The van der Waals surface area contributed by atoms with E-state index in [-0.39, 0.29) is 17.8 Å². The van der Waals surface area contributed by atoms with Crippen LogP contribution in [0.2, 0.25) is 0 Å². The molecule has 0 spiro atoms. The molecule has 184 valence electrons. The first-order chi connectivity index (χ1) is 16.9. The number of fused-ring (bicyclic) bond motifs is 1. The number of likely N-dealkylation sites (tertiary alicyclic amines) is 3. The number of rotatable bonds is 7. The molecular formula is C27H33FN6O. The Morgan fingerprint density at radius 3 is 2.43 bits per heavy atom. The molecule has 0 bridgehead atoms. The fourth-order valence-electron chi connectivity index (χ4n) is 6.27. The largest absolute Gasteiger partial charge is 0.338 e. The maximum atomic E-state index is 14.1. The second kappa shape index (κ2) is 10.00. The highest BCUT2D eigenvalue weighted by atomic mass is 19.1. The molecule has 3 fully saturated rings. The van der Waals surface area contributed by atoms with Gasteiger partial charge in [-0.2, -0.15) is 5.26 Å². The molecule has 3 saturated heterocycles. The lowest BCUT2D eigenvalue weighted by Gasteiger charge is -2.39. The molecule has 0 N–H and O–H groups in total. The number of aromatic nitrogens is 2. The predicted octanol–water partition coefficient (Wildman–Crippen LogP) is 3.21. The molecule has 2 aromatic rings. The van der Waals surface area contributed by atoms with Gasteiger partial charge in [0.05, 0.1) is 29.6 Å². The van der Waals surface area contributed by atoms with Gasteiger partial charge in [-0.05, 0) is 62.1 Å². The van der Waals surface area contributed by atoms with Crippen LogP contribution in [0, 0.1) is 48.7 Å². The fraction of sp³-hybridized carbons (Fsp3) is 0.556. The summed E-state index contributed by atoms with van der Waals surface area (Å²) in [7, 11) is 0. The fourth-order valence-corrected chi connectivity index (χ4v) is 6.27. The van der Waals surface area contributed by atoms with E-state index in [0.717, 1.165) is 69.1 Å². The van der Waals surface area contributed by atoms with Crippen molar-refractivity contribution in [1.29, 1.82) is 5.26 Å². The Hall–Kier alpha value is -2.89. The van der Waals surface area contributed by atoms with Crippen molar-refractivity contribution in [2.24, 2.45) is 17.8 Å². The van der Waals surface area contributed by atoms with E-state index in [1.165, 1.54) is 12.4 Å². The smallest absolute Gasteiger partial charge is 0.257 e. The molecule has 3 aliphatic heterocycles. The van der Waals surface area contributed by atoms with Gasteiger partial charge in [0.25, 0.3) is 5.91 Å². The summed E-state index contributed by atoms with van der Waals surface area (Å²) in [4.78, 5) is 28.4. The zero-order chi connectivity index (χ0) is 24.5. The summed E-state index contributed by atoms with van der Waals surface area (Å²) in [5.74, 6) is 1.30. The van der Waals surface area contributed by atoms with Crippen LogP contribution in [0.5, 0.6) is 0 Å². The lowest BCUT2D eigenvalue weighted by molar-refractivity contribution is 0.0758. The number of halogens is 1. The Balaban J connectivity index is 1.24. The van der Waals surface area contributed by atoms with E-state index < -0.39 is 0 Å². The monoisotopic (exact) mass is 476 g/mol. The van der Waals surface area contributed by atoms with E-state index >= 15 is 0 Å². The molecule has 1 aromatic heterocycles. The van der Waals surface area contributed by atoms with Crippen molar-refractivity contribution in [1.82, 2.24) is 24.7 Å². The number of carbonyl (C=O) groups is 1. The van der Waals surface area contributed by atoms with Crippen molar-refractivity contribution < 1.29 is 9.18 Å². The molecule has 0 radical (unpaired) electrons. The summed E-state index contributed by atoms with van der Waals surface area (Å²) in [5, 5.41) is 8.88. The van der Waals surface area contributed by atoms with Gasteiger partial charge < -0.3 is 4.90 Å². The van der Waals surface area contributed by atoms with Crippen LogP contribution in [0.1, 0.15) is 46.2 Å². The highest BCUT2D eigenvalue weighted by Gasteiger charge is 2.44. The van der Waals surface area contributed by atoms with E-state index in [4.69, 9.17) is 5.26 Å². The van der Waals surface area contributed by atoms with Gasteiger partial charge in [-0.15, -0.1) is 0 Å². The molecule has 3 atom stereocenters. The van der Waals surface area contributed by atoms with Gasteiger partial charge in [-0.1, -0.05) is 12.1 Å². The summed E-state index contributed by atoms with van der Waals surface area (Å²) in [6, 6.07) is 9.43. The quantitative estimate of drug-likeness (QED) is 0.571. The SMILES string of the molecule is Cc1ncnc(C)c1C(=O)N1CC2CN(C(CCC3CN(CC#N)C3)c3cccc(F)c3)CC2C1. The van der Waals surface area contributed by atoms with Crippen molar-refractivity contribution in [2.45, 2.75) is 32.7 Å². The van der Waals surface area contributed by atoms with Crippen molar-refractivity contribution >= 4 is 5.91 Å². The summed E-state index contributed by atoms with van der Waals surface area (Å²) in [5.41, 5.74) is 3.14. The van der Waals surface area contributed by atoms with Gasteiger partial charge in [0, 0.05) is 45.3 Å². The third-order valence-corrected chi connectivity index (χ3v) is 8.09. The van der Waals surface area contributed by atoms with E-state index in [1.54, 1.807) is 12.1 Å². The van der Waals surface area contributed by atoms with Crippen molar-refractivity contribution in [3.63, 3.8) is 0 Å². The van der Waals surface area contributed by atoms with Crippen molar-refractivity contribution in [3.05, 3.63) is 58.9 Å². The third-order valence-electron chi connectivity index (χ3n) is 8.09. The highest BCUT2D eigenvalue weighted by Crippen LogP contribution is 2.39. The van der Waals surface area contributed by atoms with Gasteiger partial charge in [-0.25, -0.2) is 14.4 Å². The van der Waals surface area contributed by atoms with Crippen LogP contribution >= 0.6 is 0 Å². The topological polar surface area (TPSA) is 76.4 Å². The van der Waals surface area contributed by atoms with Crippen LogP contribution < -0.4 is 0 Å². The van der Waals surface area contributed by atoms with E-state index in [9.17, 15) is 9.18 Å². The zero-order valence-electron chi connectivity index (χ0n) is 20.5. The van der Waals surface area contributed by atoms with Crippen LogP contribution in [0.25, 0.3) is 0 Å². The molecule has 35 heavy (non-hydrogen) atoms. The van der Waals surface area contributed by atoms with Crippen LogP contribution in [0.3, 0.4) is 0 Å². The van der Waals surface area contributed by atoms with Gasteiger partial charge in [-0.3, -0.25) is 14.6 Å². The zero-order valence-corrected chi connectivity index (χ0v) is 20.5. The minimum Gasteiger partial charge on any atom is -0.338 e. The van der Waals surface area contributed by atoms with E-state index in [2.05, 4.69) is 25.8 Å². The highest BCUT2D eigenvalue weighted by molar-refractivity contribution is 5.96. The average molecular weight is 477 g/mol. The molecule has 4 heterocycles. The van der Waals surface area contributed by atoms with Gasteiger partial charge in [0.15, 0.2) is 0 Å². The first kappa shape index (κ1) is 23.8. The molecule has 5 rings (SSSR count). The molecule has 3 aliphatic rings. The number of hydrogen-bond donors (Lipinski definition) is 0. The molecule has 8 heteroatoms. The number of carbonyl (C=O) groups excluding carboxylic acids is 1. The number of aryl methyl sites for hydroxylation is 2. The van der Waals surface area contributed by atoms with Crippen LogP contribution in [0.15, 0.2) is 30.6 Å². The van der Waals surface area contributed by atoms with Gasteiger partial charge in [0.2, 0.25) is 0 Å². The molecule has 1 aromatic carbocycles. The van der Waals surface area contributed by atoms with Crippen LogP contribution in [0.4, 0.5) is 4.39 Å². The molecule has 1 amide bonds. The Morgan fingerprint density at radius 1 is 1.11 bits per heavy atom. The normalized spacial score (nSPS) is 23.7. The van der Waals surface area contributed by atoms with E-state index in [0.29, 0.717) is 29.9 Å². The van der Waals surface area contributed by atoms with E-state index in [1.807, 2.05) is 24.8 Å². The lowest BCUT2D eigenvalue weighted by atomic mass is 9.90. The molecule has 7 nitrogen and oxygen atoms in total. The minimum atomic E-state index is -0.191. The van der Waals surface area contributed by atoms with Crippen molar-refractivity contribution in [3.8, 4) is 6.07 Å². The predicted molar refractivity (Wildman–Crippen MR) is 130 cm³/mol. The molecular weight excluding hydrogens is 443 g/mol. The Kier molecular flexibility index (Phi) is 6.81. The second-order valence-corrected chi connectivity index (χ2v) is 10.5. The number of benzene rings is 1. The standard InChI is InChI=1S/C27H33FN6O/c1-18-26(19(2)31-17-30-18)27(35)34-15-22-13-33(14-23(22)16-34)25(21-4-3-5-24(28)10-21)7-6-20-11-32(12-20)9-8-29/h3-5,10,17,20,22-23,25H,6-7,9,11-16H2,1-2H3.